The van der Waals surface area contributed by atoms with Gasteiger partial charge in [0.25, 0.3) is 0 Å². The highest BCUT2D eigenvalue weighted by Crippen LogP contribution is 2.32. The molecule has 108 valence electrons. The zero-order chi connectivity index (χ0) is 14.8. The summed E-state index contributed by atoms with van der Waals surface area (Å²) in [7, 11) is 0. The minimum atomic E-state index is -4.23. The number of benzene rings is 1. The molecule has 0 aliphatic carbocycles. The van der Waals surface area contributed by atoms with Gasteiger partial charge in [0.2, 0.25) is 0 Å². The summed E-state index contributed by atoms with van der Waals surface area (Å²) in [6.45, 7) is 0.943. The molecule has 0 aliphatic rings. The summed E-state index contributed by atoms with van der Waals surface area (Å²) in [6, 6.07) is 6.08. The van der Waals surface area contributed by atoms with Crippen LogP contribution in [0.4, 0.5) is 17.6 Å². The summed E-state index contributed by atoms with van der Waals surface area (Å²) in [5, 5.41) is 4.17. The fraction of sp³-hybridized carbons (Fsp3) is 0.286. The number of hydrogen-bond acceptors (Lipinski definition) is 2. The molecule has 2 aromatic rings. The van der Waals surface area contributed by atoms with E-state index in [9.17, 15) is 17.6 Å². The van der Waals surface area contributed by atoms with Crippen LogP contribution in [0.25, 0.3) is 11.1 Å². The van der Waals surface area contributed by atoms with E-state index in [1.54, 1.807) is 17.5 Å². The van der Waals surface area contributed by atoms with Gasteiger partial charge in [0.05, 0.1) is 6.54 Å². The standard InChI is InChI=1S/C14H13F4NS/c1-9-13(10-3-2-4-12(15)5-10)11(7-20-9)6-19-8-14(16,17)18/h2-5,7,19H,6,8H2,1H3. The van der Waals surface area contributed by atoms with Crippen molar-refractivity contribution in [3.05, 3.63) is 45.9 Å². The Morgan fingerprint density at radius 1 is 1.25 bits per heavy atom. The molecule has 20 heavy (non-hydrogen) atoms. The minimum Gasteiger partial charge on any atom is -0.305 e. The third-order valence-corrected chi connectivity index (χ3v) is 3.77. The first-order chi connectivity index (χ1) is 9.37. The molecule has 0 spiro atoms. The van der Waals surface area contributed by atoms with Crippen molar-refractivity contribution in [2.75, 3.05) is 6.54 Å². The quantitative estimate of drug-likeness (QED) is 0.819. The molecule has 0 saturated carbocycles. The van der Waals surface area contributed by atoms with Gasteiger partial charge in [0.1, 0.15) is 5.82 Å². The Balaban J connectivity index is 2.20. The van der Waals surface area contributed by atoms with Crippen LogP contribution >= 0.6 is 11.3 Å². The Kier molecular flexibility index (Phi) is 4.45. The molecular formula is C14H13F4NS. The Labute approximate surface area is 118 Å². The van der Waals surface area contributed by atoms with Crippen LogP contribution in [-0.4, -0.2) is 12.7 Å². The summed E-state index contributed by atoms with van der Waals surface area (Å²) in [6.07, 6.45) is -4.23. The first-order valence-corrected chi connectivity index (χ1v) is 6.85. The van der Waals surface area contributed by atoms with Crippen molar-refractivity contribution in [3.8, 4) is 11.1 Å². The maximum Gasteiger partial charge on any atom is 0.401 e. The van der Waals surface area contributed by atoms with Crippen molar-refractivity contribution in [1.82, 2.24) is 5.32 Å². The zero-order valence-electron chi connectivity index (χ0n) is 10.7. The first kappa shape index (κ1) is 15.0. The average Bonchev–Trinajstić information content (AvgIpc) is 2.69. The van der Waals surface area contributed by atoms with Gasteiger partial charge in [0, 0.05) is 11.4 Å². The van der Waals surface area contributed by atoms with Crippen molar-refractivity contribution < 1.29 is 17.6 Å². The van der Waals surface area contributed by atoms with Crippen LogP contribution in [0.5, 0.6) is 0 Å². The molecule has 0 amide bonds. The molecule has 1 heterocycles. The number of alkyl halides is 3. The van der Waals surface area contributed by atoms with E-state index < -0.39 is 12.7 Å². The highest BCUT2D eigenvalue weighted by atomic mass is 32.1. The van der Waals surface area contributed by atoms with Gasteiger partial charge in [0.15, 0.2) is 0 Å². The molecule has 0 bridgehead atoms. The van der Waals surface area contributed by atoms with Gasteiger partial charge < -0.3 is 5.32 Å². The second-order valence-electron chi connectivity index (χ2n) is 4.42. The molecule has 0 radical (unpaired) electrons. The highest BCUT2D eigenvalue weighted by Gasteiger charge is 2.26. The lowest BCUT2D eigenvalue weighted by Gasteiger charge is -2.10. The number of halogens is 4. The van der Waals surface area contributed by atoms with E-state index in [1.165, 1.54) is 23.5 Å². The molecule has 0 unspecified atom stereocenters. The van der Waals surface area contributed by atoms with Crippen molar-refractivity contribution in [3.63, 3.8) is 0 Å². The number of aryl methyl sites for hydroxylation is 1. The van der Waals surface area contributed by atoms with Gasteiger partial charge in [-0.15, -0.1) is 11.3 Å². The maximum atomic E-state index is 13.3. The van der Waals surface area contributed by atoms with E-state index in [4.69, 9.17) is 0 Å². The first-order valence-electron chi connectivity index (χ1n) is 5.97. The van der Waals surface area contributed by atoms with Crippen molar-refractivity contribution in [2.45, 2.75) is 19.6 Å². The fourth-order valence-electron chi connectivity index (χ4n) is 2.01. The van der Waals surface area contributed by atoms with Gasteiger partial charge in [-0.2, -0.15) is 13.2 Å². The van der Waals surface area contributed by atoms with Crippen molar-refractivity contribution in [2.24, 2.45) is 0 Å². The third-order valence-electron chi connectivity index (χ3n) is 2.81. The van der Waals surface area contributed by atoms with Gasteiger partial charge in [-0.1, -0.05) is 12.1 Å². The second kappa shape index (κ2) is 5.93. The summed E-state index contributed by atoms with van der Waals surface area (Å²) in [4.78, 5) is 0.958. The summed E-state index contributed by atoms with van der Waals surface area (Å²) in [5.74, 6) is -0.359. The molecule has 1 nitrogen and oxygen atoms in total. The van der Waals surface area contributed by atoms with Crippen molar-refractivity contribution >= 4 is 11.3 Å². The Morgan fingerprint density at radius 3 is 2.65 bits per heavy atom. The number of thiophene rings is 1. The van der Waals surface area contributed by atoms with E-state index in [0.717, 1.165) is 16.0 Å². The van der Waals surface area contributed by atoms with Crippen LogP contribution in [-0.2, 0) is 6.54 Å². The lowest BCUT2D eigenvalue weighted by molar-refractivity contribution is -0.125. The summed E-state index contributed by atoms with van der Waals surface area (Å²) < 4.78 is 49.7. The molecule has 0 fully saturated rings. The van der Waals surface area contributed by atoms with E-state index in [1.807, 2.05) is 6.92 Å². The largest absolute Gasteiger partial charge is 0.401 e. The van der Waals surface area contributed by atoms with Gasteiger partial charge in [-0.25, -0.2) is 4.39 Å². The normalized spacial score (nSPS) is 11.8. The Bertz CT molecular complexity index is 589. The SMILES string of the molecule is Cc1scc(CNCC(F)(F)F)c1-c1cccc(F)c1. The Hall–Kier alpha value is -1.40. The Morgan fingerprint density at radius 2 is 2.00 bits per heavy atom. The second-order valence-corrected chi connectivity index (χ2v) is 5.50. The van der Waals surface area contributed by atoms with Gasteiger partial charge in [-0.3, -0.25) is 0 Å². The molecule has 2 rings (SSSR count). The van der Waals surface area contributed by atoms with E-state index in [0.29, 0.717) is 5.56 Å². The van der Waals surface area contributed by atoms with E-state index >= 15 is 0 Å². The lowest BCUT2D eigenvalue weighted by Crippen LogP contribution is -2.28. The zero-order valence-corrected chi connectivity index (χ0v) is 11.5. The molecular weight excluding hydrogens is 290 g/mol. The minimum absolute atomic E-state index is 0.107. The smallest absolute Gasteiger partial charge is 0.305 e. The van der Waals surface area contributed by atoms with Crippen LogP contribution in [0.15, 0.2) is 29.6 Å². The van der Waals surface area contributed by atoms with Crippen LogP contribution in [0, 0.1) is 12.7 Å². The molecule has 0 atom stereocenters. The van der Waals surface area contributed by atoms with Gasteiger partial charge in [-0.05, 0) is 41.1 Å². The van der Waals surface area contributed by atoms with Crippen LogP contribution in [0.3, 0.4) is 0 Å². The monoisotopic (exact) mass is 303 g/mol. The summed E-state index contributed by atoms with van der Waals surface area (Å²) in [5.41, 5.74) is 2.25. The highest BCUT2D eigenvalue weighted by molar-refractivity contribution is 7.10. The predicted molar refractivity (Wildman–Crippen MR) is 72.2 cm³/mol. The van der Waals surface area contributed by atoms with Crippen LogP contribution in [0.2, 0.25) is 0 Å². The molecule has 1 N–H and O–H groups in total. The van der Waals surface area contributed by atoms with Crippen LogP contribution < -0.4 is 5.32 Å². The van der Waals surface area contributed by atoms with Crippen LogP contribution in [0.1, 0.15) is 10.4 Å². The fourth-order valence-corrected chi connectivity index (χ4v) is 2.89. The lowest BCUT2D eigenvalue weighted by atomic mass is 10.0. The van der Waals surface area contributed by atoms with Crippen molar-refractivity contribution in [1.29, 1.82) is 0 Å². The van der Waals surface area contributed by atoms with E-state index in [-0.39, 0.29) is 12.4 Å². The predicted octanol–water partition coefficient (Wildman–Crippen LogP) is 4.51. The molecule has 6 heteroatoms. The molecule has 1 aromatic carbocycles. The third kappa shape index (κ3) is 3.80. The van der Waals surface area contributed by atoms with Gasteiger partial charge >= 0.3 is 6.18 Å². The summed E-state index contributed by atoms with van der Waals surface area (Å²) >= 11 is 1.45. The maximum absolute atomic E-state index is 13.3. The molecule has 0 saturated heterocycles. The molecule has 1 aromatic heterocycles. The number of rotatable bonds is 4. The number of hydrogen-bond donors (Lipinski definition) is 1. The topological polar surface area (TPSA) is 12.0 Å². The average molecular weight is 303 g/mol. The molecule has 0 aliphatic heterocycles. The number of nitrogens with one attached hydrogen (secondary N) is 1. The van der Waals surface area contributed by atoms with E-state index in [2.05, 4.69) is 5.32 Å².